The van der Waals surface area contributed by atoms with Gasteiger partial charge < -0.3 is 10.6 Å². The summed E-state index contributed by atoms with van der Waals surface area (Å²) in [5.74, 6) is -1.11. The number of carbonyl (C=O) groups is 2. The van der Waals surface area contributed by atoms with Crippen molar-refractivity contribution in [2.24, 2.45) is 0 Å². The quantitative estimate of drug-likeness (QED) is 0.709. The third kappa shape index (κ3) is 4.82. The molecule has 0 saturated carbocycles. The van der Waals surface area contributed by atoms with Crippen LogP contribution >= 0.6 is 11.6 Å². The van der Waals surface area contributed by atoms with Crippen molar-refractivity contribution in [3.63, 3.8) is 0 Å². The van der Waals surface area contributed by atoms with Crippen LogP contribution in [0, 0.1) is 0 Å². The minimum atomic E-state index is -3.53. The molecule has 2 aromatic rings. The summed E-state index contributed by atoms with van der Waals surface area (Å²) in [5, 5.41) is 5.41. The fraction of sp³-hybridized carbons (Fsp3) is 0.263. The monoisotopic (exact) mass is 421 g/mol. The number of amides is 2. The molecule has 1 aliphatic heterocycles. The average molecular weight is 422 g/mol. The van der Waals surface area contributed by atoms with Crippen LogP contribution in [-0.4, -0.2) is 45.6 Å². The third-order valence-electron chi connectivity index (χ3n) is 4.36. The number of rotatable bonds is 7. The lowest BCUT2D eigenvalue weighted by Gasteiger charge is -2.19. The van der Waals surface area contributed by atoms with Crippen LogP contribution in [0.4, 0.5) is 5.69 Å². The van der Waals surface area contributed by atoms with Crippen molar-refractivity contribution in [1.82, 2.24) is 10.6 Å². The number of benzene rings is 2. The molecule has 0 spiro atoms. The van der Waals surface area contributed by atoms with Crippen LogP contribution in [0.3, 0.4) is 0 Å². The van der Waals surface area contributed by atoms with E-state index < -0.39 is 21.8 Å². The second-order valence-corrected chi connectivity index (χ2v) is 8.76. The van der Waals surface area contributed by atoms with Crippen LogP contribution in [0.2, 0.25) is 5.02 Å². The van der Waals surface area contributed by atoms with E-state index in [1.807, 2.05) is 12.1 Å². The molecule has 0 unspecified atom stereocenters. The van der Waals surface area contributed by atoms with Crippen LogP contribution in [0.1, 0.15) is 15.9 Å². The van der Waals surface area contributed by atoms with Gasteiger partial charge >= 0.3 is 0 Å². The molecule has 3 rings (SSSR count). The van der Waals surface area contributed by atoms with Gasteiger partial charge in [0.15, 0.2) is 0 Å². The highest BCUT2D eigenvalue weighted by atomic mass is 35.5. The van der Waals surface area contributed by atoms with Gasteiger partial charge in [-0.2, -0.15) is 0 Å². The second kappa shape index (κ2) is 8.62. The molecule has 0 radical (unpaired) electrons. The van der Waals surface area contributed by atoms with Gasteiger partial charge in [0, 0.05) is 23.7 Å². The Morgan fingerprint density at radius 2 is 1.86 bits per heavy atom. The molecule has 0 fully saturated rings. The van der Waals surface area contributed by atoms with E-state index in [4.69, 9.17) is 11.6 Å². The number of para-hydroxylation sites is 1. The second-order valence-electron chi connectivity index (χ2n) is 6.31. The maximum atomic E-state index is 12.6. The first-order valence-corrected chi connectivity index (χ1v) is 10.7. The molecule has 28 heavy (non-hydrogen) atoms. The fourth-order valence-electron chi connectivity index (χ4n) is 2.98. The smallest absolute Gasteiger partial charge is 0.251 e. The summed E-state index contributed by atoms with van der Waals surface area (Å²) in [4.78, 5) is 23.9. The van der Waals surface area contributed by atoms with E-state index in [1.165, 1.54) is 10.4 Å². The third-order valence-corrected chi connectivity index (χ3v) is 6.36. The summed E-state index contributed by atoms with van der Waals surface area (Å²) in [7, 11) is -3.53. The van der Waals surface area contributed by atoms with E-state index in [1.54, 1.807) is 30.3 Å². The van der Waals surface area contributed by atoms with E-state index >= 15 is 0 Å². The van der Waals surface area contributed by atoms with Gasteiger partial charge in [-0.3, -0.25) is 13.9 Å². The van der Waals surface area contributed by atoms with Gasteiger partial charge in [0.2, 0.25) is 15.9 Å². The zero-order valence-corrected chi connectivity index (χ0v) is 16.6. The van der Waals surface area contributed by atoms with Gasteiger partial charge in [0.25, 0.3) is 5.91 Å². The number of nitrogens with one attached hydrogen (secondary N) is 2. The SMILES string of the molecule is O=C(CNC(=O)c1cccc(Cl)c1)NCCS(=O)(=O)N1CCc2ccccc21. The molecular weight excluding hydrogens is 402 g/mol. The van der Waals surface area contributed by atoms with E-state index in [9.17, 15) is 18.0 Å². The normalized spacial score (nSPS) is 13.1. The van der Waals surface area contributed by atoms with Crippen LogP contribution in [0.25, 0.3) is 0 Å². The van der Waals surface area contributed by atoms with E-state index in [2.05, 4.69) is 10.6 Å². The van der Waals surface area contributed by atoms with Crippen molar-refractivity contribution >= 4 is 39.1 Å². The summed E-state index contributed by atoms with van der Waals surface area (Å²) in [5.41, 5.74) is 2.04. The Hall–Kier alpha value is -2.58. The molecule has 1 aliphatic rings. The molecule has 1 heterocycles. The first kappa shape index (κ1) is 20.2. The minimum absolute atomic E-state index is 0.0349. The largest absolute Gasteiger partial charge is 0.353 e. The van der Waals surface area contributed by atoms with E-state index in [0.29, 0.717) is 29.2 Å². The van der Waals surface area contributed by atoms with Gasteiger partial charge in [0.1, 0.15) is 0 Å². The number of anilines is 1. The molecule has 0 aromatic heterocycles. The van der Waals surface area contributed by atoms with Crippen molar-refractivity contribution in [2.75, 3.05) is 29.7 Å². The first-order valence-electron chi connectivity index (χ1n) is 8.75. The zero-order valence-electron chi connectivity index (χ0n) is 15.0. The molecule has 2 N–H and O–H groups in total. The summed E-state index contributed by atoms with van der Waals surface area (Å²) < 4.78 is 26.5. The topological polar surface area (TPSA) is 95.6 Å². The van der Waals surface area contributed by atoms with Gasteiger partial charge in [-0.25, -0.2) is 8.42 Å². The highest BCUT2D eigenvalue weighted by Crippen LogP contribution is 2.29. The lowest BCUT2D eigenvalue weighted by atomic mass is 10.2. The summed E-state index contributed by atoms with van der Waals surface area (Å²) in [6.07, 6.45) is 0.678. The standard InChI is InChI=1S/C19H20ClN3O4S/c20-16-6-3-5-15(12-16)19(25)22-13-18(24)21-9-11-28(26,27)23-10-8-14-4-1-2-7-17(14)23/h1-7,12H,8-11,13H2,(H,21,24)(H,22,25). The Morgan fingerprint density at radius 3 is 2.64 bits per heavy atom. The number of carbonyl (C=O) groups excluding carboxylic acids is 2. The predicted octanol–water partition coefficient (Wildman–Crippen LogP) is 1.58. The van der Waals surface area contributed by atoms with Gasteiger partial charge in [-0.15, -0.1) is 0 Å². The van der Waals surface area contributed by atoms with Gasteiger partial charge in [-0.1, -0.05) is 35.9 Å². The lowest BCUT2D eigenvalue weighted by Crippen LogP contribution is -2.41. The Bertz CT molecular complexity index is 994. The fourth-order valence-corrected chi connectivity index (χ4v) is 4.60. The molecular formula is C19H20ClN3O4S. The number of sulfonamides is 1. The van der Waals surface area contributed by atoms with Gasteiger partial charge in [0.05, 0.1) is 18.0 Å². The van der Waals surface area contributed by atoms with Crippen molar-refractivity contribution in [3.05, 3.63) is 64.7 Å². The highest BCUT2D eigenvalue weighted by Gasteiger charge is 2.28. The number of nitrogens with zero attached hydrogens (tertiary/aromatic N) is 1. The predicted molar refractivity (Wildman–Crippen MR) is 108 cm³/mol. The van der Waals surface area contributed by atoms with Gasteiger partial charge in [-0.05, 0) is 36.2 Å². The van der Waals surface area contributed by atoms with Crippen LogP contribution in [0.5, 0.6) is 0 Å². The number of hydrogen-bond acceptors (Lipinski definition) is 4. The van der Waals surface area contributed by atoms with Crippen LogP contribution in [-0.2, 0) is 21.2 Å². The van der Waals surface area contributed by atoms with Crippen LogP contribution in [0.15, 0.2) is 48.5 Å². The molecule has 148 valence electrons. The molecule has 0 aliphatic carbocycles. The van der Waals surface area contributed by atoms with Crippen molar-refractivity contribution in [3.8, 4) is 0 Å². The van der Waals surface area contributed by atoms with Crippen LogP contribution < -0.4 is 14.9 Å². The molecule has 9 heteroatoms. The van der Waals surface area contributed by atoms with E-state index in [-0.39, 0.29) is 18.8 Å². The highest BCUT2D eigenvalue weighted by molar-refractivity contribution is 7.92. The Labute approximate surface area is 168 Å². The van der Waals surface area contributed by atoms with E-state index in [0.717, 1.165) is 5.56 Å². The Kier molecular flexibility index (Phi) is 6.21. The van der Waals surface area contributed by atoms with Crippen molar-refractivity contribution in [1.29, 1.82) is 0 Å². The molecule has 7 nitrogen and oxygen atoms in total. The molecule has 2 aromatic carbocycles. The Balaban J connectivity index is 1.46. The minimum Gasteiger partial charge on any atom is -0.353 e. The first-order chi connectivity index (χ1) is 13.4. The summed E-state index contributed by atoms with van der Waals surface area (Å²) >= 11 is 5.83. The number of hydrogen-bond donors (Lipinski definition) is 2. The maximum Gasteiger partial charge on any atom is 0.251 e. The molecule has 0 bridgehead atoms. The molecule has 2 amide bonds. The van der Waals surface area contributed by atoms with Crippen molar-refractivity contribution in [2.45, 2.75) is 6.42 Å². The Morgan fingerprint density at radius 1 is 1.07 bits per heavy atom. The summed E-state index contributed by atoms with van der Waals surface area (Å²) in [6.45, 7) is 0.121. The molecule has 0 atom stereocenters. The summed E-state index contributed by atoms with van der Waals surface area (Å²) in [6, 6.07) is 13.7. The molecule has 0 saturated heterocycles. The number of halogens is 1. The average Bonchev–Trinajstić information content (AvgIpc) is 3.11. The number of fused-ring (bicyclic) bond motifs is 1. The lowest BCUT2D eigenvalue weighted by molar-refractivity contribution is -0.120. The van der Waals surface area contributed by atoms with Crippen molar-refractivity contribution < 1.29 is 18.0 Å². The maximum absolute atomic E-state index is 12.6. The zero-order chi connectivity index (χ0) is 20.1.